The van der Waals surface area contributed by atoms with Gasteiger partial charge in [0.15, 0.2) is 0 Å². The third kappa shape index (κ3) is 1.70. The molecule has 1 aliphatic carbocycles. The van der Waals surface area contributed by atoms with E-state index in [0.717, 1.165) is 6.04 Å². The number of hydrogen-bond donors (Lipinski definition) is 1. The van der Waals surface area contributed by atoms with Crippen molar-refractivity contribution in [2.45, 2.75) is 25.8 Å². The summed E-state index contributed by atoms with van der Waals surface area (Å²) in [6, 6.07) is 0.757. The minimum Gasteiger partial charge on any atom is -0.314 e. The highest BCUT2D eigenvalue weighted by Gasteiger charge is 2.21. The van der Waals surface area contributed by atoms with Gasteiger partial charge >= 0.3 is 0 Å². The van der Waals surface area contributed by atoms with E-state index in [0.29, 0.717) is 0 Å². The Balaban J connectivity index is 1.91. The van der Waals surface area contributed by atoms with Crippen LogP contribution in [-0.4, -0.2) is 37.1 Å². The largest absolute Gasteiger partial charge is 0.314 e. The summed E-state index contributed by atoms with van der Waals surface area (Å²) in [6.07, 6.45) is 5.12. The first-order chi connectivity index (χ1) is 5.86. The quantitative estimate of drug-likeness (QED) is 0.585. The molecule has 1 aliphatic heterocycles. The van der Waals surface area contributed by atoms with Crippen LogP contribution in [0.5, 0.6) is 0 Å². The van der Waals surface area contributed by atoms with Crippen molar-refractivity contribution in [1.29, 1.82) is 0 Å². The van der Waals surface area contributed by atoms with Crippen LogP contribution in [0.15, 0.2) is 11.6 Å². The van der Waals surface area contributed by atoms with Crippen molar-refractivity contribution < 1.29 is 0 Å². The Hall–Kier alpha value is -0.340. The zero-order valence-electron chi connectivity index (χ0n) is 7.84. The molecule has 0 unspecified atom stereocenters. The second-order valence-electron chi connectivity index (χ2n) is 3.91. The molecule has 2 rings (SSSR count). The summed E-state index contributed by atoms with van der Waals surface area (Å²) >= 11 is 0. The van der Waals surface area contributed by atoms with Crippen LogP contribution in [0.2, 0.25) is 0 Å². The van der Waals surface area contributed by atoms with Crippen molar-refractivity contribution in [3.63, 3.8) is 0 Å². The lowest BCUT2D eigenvalue weighted by Crippen LogP contribution is -2.47. The van der Waals surface area contributed by atoms with E-state index in [1.807, 2.05) is 0 Å². The zero-order chi connectivity index (χ0) is 8.39. The minimum absolute atomic E-state index is 0.757. The van der Waals surface area contributed by atoms with Crippen molar-refractivity contribution in [1.82, 2.24) is 10.2 Å². The van der Waals surface area contributed by atoms with E-state index in [4.69, 9.17) is 0 Å². The van der Waals surface area contributed by atoms with Crippen molar-refractivity contribution in [3.05, 3.63) is 11.6 Å². The highest BCUT2D eigenvalue weighted by atomic mass is 15.2. The van der Waals surface area contributed by atoms with Crippen LogP contribution in [0.4, 0.5) is 0 Å². The monoisotopic (exact) mass is 166 g/mol. The Morgan fingerprint density at radius 2 is 2.17 bits per heavy atom. The van der Waals surface area contributed by atoms with Gasteiger partial charge in [-0.2, -0.15) is 0 Å². The molecule has 0 amide bonds. The van der Waals surface area contributed by atoms with Gasteiger partial charge in [-0.05, 0) is 19.8 Å². The molecule has 0 bridgehead atoms. The van der Waals surface area contributed by atoms with Crippen LogP contribution in [0, 0.1) is 0 Å². The molecule has 0 aromatic heterocycles. The van der Waals surface area contributed by atoms with Gasteiger partial charge in [-0.1, -0.05) is 11.6 Å². The summed E-state index contributed by atoms with van der Waals surface area (Å²) in [7, 11) is 0. The Morgan fingerprint density at radius 1 is 1.42 bits per heavy atom. The third-order valence-electron chi connectivity index (χ3n) is 2.93. The van der Waals surface area contributed by atoms with Gasteiger partial charge in [0.2, 0.25) is 0 Å². The van der Waals surface area contributed by atoms with E-state index >= 15 is 0 Å². The molecule has 0 spiro atoms. The Bertz CT molecular complexity index is 180. The second-order valence-corrected chi connectivity index (χ2v) is 3.91. The lowest BCUT2D eigenvalue weighted by atomic mass is 10.2. The van der Waals surface area contributed by atoms with Gasteiger partial charge in [-0.3, -0.25) is 4.90 Å². The fourth-order valence-corrected chi connectivity index (χ4v) is 2.17. The van der Waals surface area contributed by atoms with Gasteiger partial charge in [0.25, 0.3) is 0 Å². The van der Waals surface area contributed by atoms with Gasteiger partial charge in [0.05, 0.1) is 0 Å². The van der Waals surface area contributed by atoms with Gasteiger partial charge in [-0.15, -0.1) is 0 Å². The topological polar surface area (TPSA) is 15.3 Å². The van der Waals surface area contributed by atoms with Crippen LogP contribution in [0.1, 0.15) is 19.8 Å². The number of piperazine rings is 1. The Labute approximate surface area is 74.6 Å². The van der Waals surface area contributed by atoms with E-state index in [1.54, 1.807) is 5.57 Å². The zero-order valence-corrected chi connectivity index (χ0v) is 7.84. The lowest BCUT2D eigenvalue weighted by Gasteiger charge is -2.31. The summed E-state index contributed by atoms with van der Waals surface area (Å²) in [5, 5.41) is 3.39. The highest BCUT2D eigenvalue weighted by molar-refractivity contribution is 5.12. The highest BCUT2D eigenvalue weighted by Crippen LogP contribution is 2.22. The van der Waals surface area contributed by atoms with Crippen LogP contribution in [0.25, 0.3) is 0 Å². The van der Waals surface area contributed by atoms with Gasteiger partial charge < -0.3 is 5.32 Å². The van der Waals surface area contributed by atoms with Crippen LogP contribution in [-0.2, 0) is 0 Å². The van der Waals surface area contributed by atoms with Gasteiger partial charge in [-0.25, -0.2) is 0 Å². The Kier molecular flexibility index (Phi) is 2.47. The van der Waals surface area contributed by atoms with Crippen molar-refractivity contribution in [2.75, 3.05) is 26.2 Å². The van der Waals surface area contributed by atoms with Crippen molar-refractivity contribution in [2.24, 2.45) is 0 Å². The molecule has 1 fully saturated rings. The number of rotatable bonds is 1. The Morgan fingerprint density at radius 3 is 2.75 bits per heavy atom. The molecule has 2 heteroatoms. The fourth-order valence-electron chi connectivity index (χ4n) is 2.17. The number of allylic oxidation sites excluding steroid dienone is 1. The molecule has 0 aromatic rings. The molecule has 0 aromatic carbocycles. The van der Waals surface area contributed by atoms with E-state index in [9.17, 15) is 0 Å². The first-order valence-corrected chi connectivity index (χ1v) is 4.98. The van der Waals surface area contributed by atoms with Crippen LogP contribution >= 0.6 is 0 Å². The molecule has 12 heavy (non-hydrogen) atoms. The van der Waals surface area contributed by atoms with Gasteiger partial charge in [0, 0.05) is 32.2 Å². The number of nitrogens with one attached hydrogen (secondary N) is 1. The van der Waals surface area contributed by atoms with Gasteiger partial charge in [0.1, 0.15) is 0 Å². The average molecular weight is 166 g/mol. The van der Waals surface area contributed by atoms with Crippen LogP contribution < -0.4 is 5.32 Å². The summed E-state index contributed by atoms with van der Waals surface area (Å²) < 4.78 is 0. The average Bonchev–Trinajstić information content (AvgIpc) is 2.54. The van der Waals surface area contributed by atoms with Crippen molar-refractivity contribution >= 4 is 0 Å². The first-order valence-electron chi connectivity index (χ1n) is 4.98. The molecule has 1 heterocycles. The van der Waals surface area contributed by atoms with E-state index in [2.05, 4.69) is 23.2 Å². The van der Waals surface area contributed by atoms with Crippen molar-refractivity contribution in [3.8, 4) is 0 Å². The SMILES string of the molecule is CC1=C[C@H](N2CCNCC2)CC1. The summed E-state index contributed by atoms with van der Waals surface area (Å²) in [5.41, 5.74) is 1.58. The third-order valence-corrected chi connectivity index (χ3v) is 2.93. The molecular formula is C10H18N2. The number of hydrogen-bond acceptors (Lipinski definition) is 2. The maximum Gasteiger partial charge on any atom is 0.0284 e. The van der Waals surface area contributed by atoms with Crippen LogP contribution in [0.3, 0.4) is 0 Å². The molecule has 1 saturated heterocycles. The summed E-state index contributed by atoms with van der Waals surface area (Å²) in [6.45, 7) is 7.05. The molecule has 1 N–H and O–H groups in total. The molecule has 2 nitrogen and oxygen atoms in total. The number of nitrogens with zero attached hydrogens (tertiary/aromatic N) is 1. The van der Waals surface area contributed by atoms with E-state index < -0.39 is 0 Å². The second kappa shape index (κ2) is 3.58. The lowest BCUT2D eigenvalue weighted by molar-refractivity contribution is 0.200. The molecule has 68 valence electrons. The maximum atomic E-state index is 3.39. The first kappa shape index (κ1) is 8.27. The predicted molar refractivity (Wildman–Crippen MR) is 51.2 cm³/mol. The normalized spacial score (nSPS) is 32.1. The molecule has 2 aliphatic rings. The molecule has 0 saturated carbocycles. The smallest absolute Gasteiger partial charge is 0.0284 e. The summed E-state index contributed by atoms with van der Waals surface area (Å²) in [5.74, 6) is 0. The molecule has 0 radical (unpaired) electrons. The molecular weight excluding hydrogens is 148 g/mol. The maximum absolute atomic E-state index is 3.39. The van der Waals surface area contributed by atoms with E-state index in [1.165, 1.54) is 39.0 Å². The minimum atomic E-state index is 0.757. The fraction of sp³-hybridized carbons (Fsp3) is 0.800. The standard InChI is InChI=1S/C10H18N2/c1-9-2-3-10(8-9)12-6-4-11-5-7-12/h8,10-11H,2-7H2,1H3/t10-/m1/s1. The summed E-state index contributed by atoms with van der Waals surface area (Å²) in [4.78, 5) is 2.60. The predicted octanol–water partition coefficient (Wildman–Crippen LogP) is 1.00. The van der Waals surface area contributed by atoms with E-state index in [-0.39, 0.29) is 0 Å². The molecule has 1 atom stereocenters.